The Bertz CT molecular complexity index is 937. The summed E-state index contributed by atoms with van der Waals surface area (Å²) in [6, 6.07) is 5.99. The number of likely N-dealkylation sites (tertiary alicyclic amines) is 1. The van der Waals surface area contributed by atoms with Crippen LogP contribution >= 0.6 is 11.3 Å². The van der Waals surface area contributed by atoms with Gasteiger partial charge in [0.25, 0.3) is 11.8 Å². The van der Waals surface area contributed by atoms with Gasteiger partial charge in [-0.2, -0.15) is 24.5 Å². The van der Waals surface area contributed by atoms with Crippen molar-refractivity contribution in [3.63, 3.8) is 0 Å². The highest BCUT2D eigenvalue weighted by atomic mass is 32.1. The quantitative estimate of drug-likeness (QED) is 0.605. The van der Waals surface area contributed by atoms with Crippen LogP contribution in [0.5, 0.6) is 0 Å². The molecule has 1 aliphatic rings. The number of carbonyl (C=O) groups excluding carboxylic acids is 3. The van der Waals surface area contributed by atoms with Crippen molar-refractivity contribution in [1.29, 1.82) is 0 Å². The van der Waals surface area contributed by atoms with Gasteiger partial charge in [0.15, 0.2) is 6.61 Å². The fourth-order valence-corrected chi connectivity index (χ4v) is 4.07. The number of ether oxygens (including phenoxy) is 1. The molecule has 0 aliphatic carbocycles. The second kappa shape index (κ2) is 10.2. The second-order valence-electron chi connectivity index (χ2n) is 7.63. The van der Waals surface area contributed by atoms with E-state index in [1.807, 2.05) is 16.8 Å². The van der Waals surface area contributed by atoms with Gasteiger partial charge in [-0.25, -0.2) is 0 Å². The molecule has 0 N–H and O–H groups in total. The molecule has 0 spiro atoms. The van der Waals surface area contributed by atoms with Crippen LogP contribution in [0.15, 0.2) is 41.1 Å². The van der Waals surface area contributed by atoms with Crippen molar-refractivity contribution >= 4 is 29.1 Å². The Morgan fingerprint density at radius 1 is 1.12 bits per heavy atom. The molecule has 1 aliphatic heterocycles. The summed E-state index contributed by atoms with van der Waals surface area (Å²) >= 11 is 1.54. The predicted octanol–water partition coefficient (Wildman–Crippen LogP) is 3.82. The molecule has 0 saturated carbocycles. The predicted molar refractivity (Wildman–Crippen MR) is 112 cm³/mol. The molecular weight excluding hydrogens is 445 g/mol. The molecule has 0 radical (unpaired) electrons. The molecule has 3 rings (SSSR count). The first-order valence-corrected chi connectivity index (χ1v) is 11.0. The van der Waals surface area contributed by atoms with Gasteiger partial charge >= 0.3 is 12.1 Å². The highest BCUT2D eigenvalue weighted by molar-refractivity contribution is 7.07. The summed E-state index contributed by atoms with van der Waals surface area (Å²) < 4.78 is 43.2. The fourth-order valence-electron chi connectivity index (χ4n) is 3.41. The number of carbonyl (C=O) groups is 3. The van der Waals surface area contributed by atoms with Crippen molar-refractivity contribution in [2.45, 2.75) is 25.6 Å². The lowest BCUT2D eigenvalue weighted by Crippen LogP contribution is -2.41. The van der Waals surface area contributed by atoms with Crippen LogP contribution in [0.2, 0.25) is 0 Å². The molecule has 2 aromatic rings. The van der Waals surface area contributed by atoms with Crippen LogP contribution in [0.3, 0.4) is 0 Å². The minimum Gasteiger partial charge on any atom is -0.455 e. The van der Waals surface area contributed by atoms with E-state index >= 15 is 0 Å². The van der Waals surface area contributed by atoms with Gasteiger partial charge in [0, 0.05) is 32.2 Å². The Morgan fingerprint density at radius 2 is 1.78 bits per heavy atom. The van der Waals surface area contributed by atoms with E-state index in [1.165, 1.54) is 21.1 Å². The number of esters is 1. The second-order valence-corrected chi connectivity index (χ2v) is 8.41. The zero-order chi connectivity index (χ0) is 23.3. The maximum atomic E-state index is 12.7. The SMILES string of the molecule is CN(Cc1ccsc1)C(=O)COC(=O)C1CCN(C(=O)c2ccc(C(F)(F)F)cc2)CC1. The molecule has 1 fully saturated rings. The van der Waals surface area contributed by atoms with Crippen LogP contribution in [0.1, 0.15) is 34.3 Å². The number of halogens is 3. The standard InChI is InChI=1S/C22H23F3N2O4S/c1-26(12-15-8-11-32-14-15)19(28)13-31-21(30)17-6-9-27(10-7-17)20(29)16-2-4-18(5-3-16)22(23,24)25/h2-5,8,11,14,17H,6-7,9-10,12-13H2,1H3. The third-order valence-corrected chi connectivity index (χ3v) is 6.07. The summed E-state index contributed by atoms with van der Waals surface area (Å²) in [4.78, 5) is 40.0. The molecule has 172 valence electrons. The Hall–Kier alpha value is -2.88. The van der Waals surface area contributed by atoms with Crippen molar-refractivity contribution in [1.82, 2.24) is 9.80 Å². The first kappa shape index (κ1) is 23.8. The smallest absolute Gasteiger partial charge is 0.416 e. The average molecular weight is 468 g/mol. The topological polar surface area (TPSA) is 66.9 Å². The van der Waals surface area contributed by atoms with Crippen molar-refractivity contribution in [3.05, 3.63) is 57.8 Å². The molecule has 6 nitrogen and oxygen atoms in total. The lowest BCUT2D eigenvalue weighted by atomic mass is 9.96. The lowest BCUT2D eigenvalue weighted by molar-refractivity contribution is -0.156. The number of likely N-dealkylation sites (N-methyl/N-ethyl adjacent to an activating group) is 1. The van der Waals surface area contributed by atoms with Gasteiger partial charge in [-0.05, 0) is 59.5 Å². The Kier molecular flexibility index (Phi) is 7.55. The lowest BCUT2D eigenvalue weighted by Gasteiger charge is -2.31. The maximum Gasteiger partial charge on any atom is 0.416 e. The fraction of sp³-hybridized carbons (Fsp3) is 0.409. The zero-order valence-electron chi connectivity index (χ0n) is 17.4. The molecule has 0 bridgehead atoms. The van der Waals surface area contributed by atoms with Gasteiger partial charge in [0.05, 0.1) is 11.5 Å². The van der Waals surface area contributed by atoms with Crippen LogP contribution in [0, 0.1) is 5.92 Å². The Balaban J connectivity index is 1.44. The van der Waals surface area contributed by atoms with E-state index in [1.54, 1.807) is 7.05 Å². The number of piperidine rings is 1. The molecule has 0 unspecified atom stereocenters. The van der Waals surface area contributed by atoms with Gasteiger partial charge in [-0.3, -0.25) is 14.4 Å². The molecule has 1 saturated heterocycles. The van der Waals surface area contributed by atoms with Crippen molar-refractivity contribution in [2.75, 3.05) is 26.7 Å². The van der Waals surface area contributed by atoms with E-state index in [9.17, 15) is 27.6 Å². The third kappa shape index (κ3) is 6.09. The molecule has 32 heavy (non-hydrogen) atoms. The summed E-state index contributed by atoms with van der Waals surface area (Å²) in [5.41, 5.74) is 0.353. The van der Waals surface area contributed by atoms with E-state index in [0.29, 0.717) is 19.4 Å². The molecule has 0 atom stereocenters. The largest absolute Gasteiger partial charge is 0.455 e. The van der Waals surface area contributed by atoms with E-state index in [2.05, 4.69) is 0 Å². The van der Waals surface area contributed by atoms with Crippen molar-refractivity contribution in [3.8, 4) is 0 Å². The normalized spacial score (nSPS) is 14.8. The highest BCUT2D eigenvalue weighted by Crippen LogP contribution is 2.29. The van der Waals surface area contributed by atoms with Gasteiger partial charge in [0.1, 0.15) is 0 Å². The minimum atomic E-state index is -4.46. The Labute approximate surface area is 187 Å². The van der Waals surface area contributed by atoms with Gasteiger partial charge in [-0.15, -0.1) is 0 Å². The summed E-state index contributed by atoms with van der Waals surface area (Å²) in [7, 11) is 1.64. The van der Waals surface area contributed by atoms with Crippen molar-refractivity contribution < 1.29 is 32.3 Å². The van der Waals surface area contributed by atoms with Crippen LogP contribution in [-0.4, -0.2) is 54.3 Å². The zero-order valence-corrected chi connectivity index (χ0v) is 18.2. The monoisotopic (exact) mass is 468 g/mol. The van der Waals surface area contributed by atoms with Gasteiger partial charge in [-0.1, -0.05) is 0 Å². The van der Waals surface area contributed by atoms with Crippen molar-refractivity contribution in [2.24, 2.45) is 5.92 Å². The number of alkyl halides is 3. The number of hydrogen-bond donors (Lipinski definition) is 0. The van der Waals surface area contributed by atoms with E-state index in [4.69, 9.17) is 4.74 Å². The van der Waals surface area contributed by atoms with E-state index < -0.39 is 23.6 Å². The molecule has 10 heteroatoms. The molecular formula is C22H23F3N2O4S. The summed E-state index contributed by atoms with van der Waals surface area (Å²) in [6.45, 7) is 0.658. The summed E-state index contributed by atoms with van der Waals surface area (Å²) in [5.74, 6) is -1.60. The molecule has 2 amide bonds. The number of amides is 2. The number of rotatable bonds is 6. The molecule has 2 heterocycles. The third-order valence-electron chi connectivity index (χ3n) is 5.34. The van der Waals surface area contributed by atoms with Gasteiger partial charge < -0.3 is 14.5 Å². The number of benzene rings is 1. The summed E-state index contributed by atoms with van der Waals surface area (Å²) in [5, 5.41) is 3.86. The molecule has 1 aromatic heterocycles. The number of nitrogens with zero attached hydrogens (tertiary/aromatic N) is 2. The van der Waals surface area contributed by atoms with Crippen LogP contribution in [0.25, 0.3) is 0 Å². The molecule has 1 aromatic carbocycles. The van der Waals surface area contributed by atoms with E-state index in [0.717, 1.165) is 29.8 Å². The minimum absolute atomic E-state index is 0.165. The van der Waals surface area contributed by atoms with Gasteiger partial charge in [0.2, 0.25) is 0 Å². The van der Waals surface area contributed by atoms with Crippen LogP contribution in [-0.2, 0) is 27.0 Å². The summed E-state index contributed by atoms with van der Waals surface area (Å²) in [6.07, 6.45) is -3.73. The maximum absolute atomic E-state index is 12.7. The average Bonchev–Trinajstić information content (AvgIpc) is 3.29. The first-order valence-electron chi connectivity index (χ1n) is 10.0. The van der Waals surface area contributed by atoms with Crippen LogP contribution in [0.4, 0.5) is 13.2 Å². The first-order chi connectivity index (χ1) is 15.1. The van der Waals surface area contributed by atoms with E-state index in [-0.39, 0.29) is 37.1 Å². The highest BCUT2D eigenvalue weighted by Gasteiger charge is 2.32. The number of thiophene rings is 1. The Morgan fingerprint density at radius 3 is 2.34 bits per heavy atom. The number of hydrogen-bond acceptors (Lipinski definition) is 5. The van der Waals surface area contributed by atoms with Crippen LogP contribution < -0.4 is 0 Å².